The molecule has 9 heteroatoms. The molecule has 3 rings (SSSR count). The molecule has 1 saturated carbocycles. The smallest absolute Gasteiger partial charge is 0.314 e. The number of ether oxygens (including phenoxy) is 2. The van der Waals surface area contributed by atoms with Crippen LogP contribution in [0, 0.1) is 15.5 Å². The van der Waals surface area contributed by atoms with Crippen LogP contribution >= 0.6 is 24.4 Å². The van der Waals surface area contributed by atoms with Gasteiger partial charge in [-0.3, -0.25) is 15.0 Å². The third-order valence-electron chi connectivity index (χ3n) is 3.29. The van der Waals surface area contributed by atoms with Crippen LogP contribution in [-0.4, -0.2) is 34.2 Å². The molecule has 0 amide bonds. The summed E-state index contributed by atoms with van der Waals surface area (Å²) in [5.74, 6) is 0.677. The van der Waals surface area contributed by atoms with Gasteiger partial charge in [-0.05, 0) is 61.0 Å². The van der Waals surface area contributed by atoms with Gasteiger partial charge in [0, 0.05) is 0 Å². The molecular weight excluding hydrogens is 336 g/mol. The Bertz CT molecular complexity index is 849. The largest absolute Gasteiger partial charge is 0.493 e. The van der Waals surface area contributed by atoms with Crippen molar-refractivity contribution in [1.82, 2.24) is 14.9 Å². The lowest BCUT2D eigenvalue weighted by atomic mass is 10.2. The highest BCUT2D eigenvalue weighted by Gasteiger charge is 2.32. The van der Waals surface area contributed by atoms with Gasteiger partial charge in [0.25, 0.3) is 0 Å². The predicted octanol–water partition coefficient (Wildman–Crippen LogP) is 2.81. The van der Waals surface area contributed by atoms with E-state index >= 15 is 0 Å². The van der Waals surface area contributed by atoms with Crippen LogP contribution in [0.4, 0.5) is 0 Å². The van der Waals surface area contributed by atoms with Crippen LogP contribution in [0.2, 0.25) is 0 Å². The van der Waals surface area contributed by atoms with Gasteiger partial charge >= 0.3 is 5.97 Å². The van der Waals surface area contributed by atoms with Crippen molar-refractivity contribution in [2.75, 3.05) is 7.11 Å². The minimum Gasteiger partial charge on any atom is -0.493 e. The number of nitrogens with one attached hydrogen (secondary N) is 2. The van der Waals surface area contributed by atoms with Gasteiger partial charge in [-0.15, -0.1) is 0 Å². The monoisotopic (exact) mass is 350 g/mol. The normalized spacial score (nSPS) is 14.1. The third kappa shape index (κ3) is 3.57. The van der Waals surface area contributed by atoms with Crippen LogP contribution in [0.25, 0.3) is 0 Å². The van der Waals surface area contributed by atoms with E-state index in [1.165, 1.54) is 11.8 Å². The standard InChI is InChI=1S/C14H14N4O3S2/c1-20-11-6-8(7-15-18-13(22)16-17-14(18)23)2-5-10(11)21-12(19)9-3-4-9/h2,5-7,9H,3-4H2,1H3,(H,16,22)(H,17,23)/b15-7-. The minimum atomic E-state index is -0.213. The Morgan fingerprint density at radius 2 is 2.00 bits per heavy atom. The zero-order valence-electron chi connectivity index (χ0n) is 12.2. The van der Waals surface area contributed by atoms with Crippen molar-refractivity contribution in [3.05, 3.63) is 33.3 Å². The average molecular weight is 350 g/mol. The Balaban J connectivity index is 1.82. The highest BCUT2D eigenvalue weighted by Crippen LogP contribution is 2.34. The van der Waals surface area contributed by atoms with Crippen LogP contribution in [0.3, 0.4) is 0 Å². The molecule has 0 spiro atoms. The maximum atomic E-state index is 11.7. The summed E-state index contributed by atoms with van der Waals surface area (Å²) in [5, 5.41) is 9.59. The van der Waals surface area contributed by atoms with Crippen molar-refractivity contribution in [3.8, 4) is 11.5 Å². The number of carbonyl (C=O) groups excluding carboxylic acids is 1. The lowest BCUT2D eigenvalue weighted by Gasteiger charge is -2.09. The Morgan fingerprint density at radius 1 is 1.30 bits per heavy atom. The number of aromatic nitrogens is 3. The topological polar surface area (TPSA) is 84.4 Å². The van der Waals surface area contributed by atoms with Crippen molar-refractivity contribution >= 4 is 36.6 Å². The van der Waals surface area contributed by atoms with Gasteiger partial charge in [-0.25, -0.2) is 0 Å². The van der Waals surface area contributed by atoms with Crippen molar-refractivity contribution < 1.29 is 14.3 Å². The maximum absolute atomic E-state index is 11.7. The summed E-state index contributed by atoms with van der Waals surface area (Å²) >= 11 is 10.1. The van der Waals surface area contributed by atoms with Crippen molar-refractivity contribution in [2.24, 2.45) is 11.0 Å². The average Bonchev–Trinajstić information content (AvgIpc) is 3.34. The molecule has 0 saturated heterocycles. The molecule has 23 heavy (non-hydrogen) atoms. The number of hydrogen-bond donors (Lipinski definition) is 2. The van der Waals surface area contributed by atoms with Crippen molar-refractivity contribution in [3.63, 3.8) is 0 Å². The van der Waals surface area contributed by atoms with E-state index in [0.717, 1.165) is 18.4 Å². The van der Waals surface area contributed by atoms with Crippen LogP contribution in [-0.2, 0) is 4.79 Å². The Kier molecular flexibility index (Phi) is 4.39. The molecule has 1 aliphatic rings. The summed E-state index contributed by atoms with van der Waals surface area (Å²) in [6.45, 7) is 0. The molecule has 1 heterocycles. The first-order chi connectivity index (χ1) is 11.1. The first-order valence-corrected chi connectivity index (χ1v) is 7.74. The number of hydrogen-bond acceptors (Lipinski definition) is 6. The molecule has 120 valence electrons. The number of nitrogens with zero attached hydrogens (tertiary/aromatic N) is 2. The van der Waals surface area contributed by atoms with E-state index in [1.807, 2.05) is 0 Å². The summed E-state index contributed by atoms with van der Waals surface area (Å²) in [6, 6.07) is 5.17. The summed E-state index contributed by atoms with van der Waals surface area (Å²) in [6.07, 6.45) is 3.37. The number of esters is 1. The van der Waals surface area contributed by atoms with Gasteiger partial charge in [-0.1, -0.05) is 0 Å². The number of H-pyrrole nitrogens is 2. The second-order valence-electron chi connectivity index (χ2n) is 5.02. The van der Waals surface area contributed by atoms with Crippen LogP contribution in [0.5, 0.6) is 11.5 Å². The second-order valence-corrected chi connectivity index (χ2v) is 5.80. The van der Waals surface area contributed by atoms with Gasteiger partial charge in [0.1, 0.15) is 0 Å². The molecule has 7 nitrogen and oxygen atoms in total. The number of aromatic amines is 2. The molecule has 0 aliphatic heterocycles. The van der Waals surface area contributed by atoms with E-state index in [9.17, 15) is 4.79 Å². The van der Waals surface area contributed by atoms with Gasteiger partial charge in [0.15, 0.2) is 11.5 Å². The summed E-state index contributed by atoms with van der Waals surface area (Å²) in [5.41, 5.74) is 0.755. The SMILES string of the molecule is COc1cc(/C=N\n2c(=S)[nH][nH]c2=S)ccc1OC(=O)C1CC1. The van der Waals surface area contributed by atoms with E-state index in [0.29, 0.717) is 21.0 Å². The van der Waals surface area contributed by atoms with Crippen LogP contribution in [0.15, 0.2) is 23.3 Å². The first kappa shape index (κ1) is 15.6. The van der Waals surface area contributed by atoms with Crippen molar-refractivity contribution in [1.29, 1.82) is 0 Å². The molecule has 1 fully saturated rings. The van der Waals surface area contributed by atoms with E-state index in [2.05, 4.69) is 15.3 Å². The Hall–Kier alpha value is -2.26. The molecule has 0 atom stereocenters. The van der Waals surface area contributed by atoms with E-state index in [1.54, 1.807) is 24.4 Å². The fourth-order valence-electron chi connectivity index (χ4n) is 1.89. The number of methoxy groups -OCH3 is 1. The molecule has 1 aliphatic carbocycles. The zero-order chi connectivity index (χ0) is 16.4. The molecule has 0 bridgehead atoms. The molecule has 0 radical (unpaired) electrons. The van der Waals surface area contributed by atoms with Crippen LogP contribution in [0.1, 0.15) is 18.4 Å². The quantitative estimate of drug-likeness (QED) is 0.375. The number of rotatable bonds is 5. The number of benzene rings is 1. The lowest BCUT2D eigenvalue weighted by molar-refractivity contribution is -0.135. The van der Waals surface area contributed by atoms with Gasteiger partial charge in [-0.2, -0.15) is 9.78 Å². The second kappa shape index (κ2) is 6.47. The maximum Gasteiger partial charge on any atom is 0.314 e. The van der Waals surface area contributed by atoms with Crippen LogP contribution < -0.4 is 9.47 Å². The highest BCUT2D eigenvalue weighted by atomic mass is 32.1. The summed E-state index contributed by atoms with van der Waals surface area (Å²) < 4.78 is 12.7. The lowest BCUT2D eigenvalue weighted by Crippen LogP contribution is -2.10. The molecular formula is C14H14N4O3S2. The molecule has 2 N–H and O–H groups in total. The predicted molar refractivity (Wildman–Crippen MR) is 89.1 cm³/mol. The summed E-state index contributed by atoms with van der Waals surface area (Å²) in [7, 11) is 1.52. The summed E-state index contributed by atoms with van der Waals surface area (Å²) in [4.78, 5) is 11.7. The van der Waals surface area contributed by atoms with E-state index < -0.39 is 0 Å². The zero-order valence-corrected chi connectivity index (χ0v) is 13.9. The highest BCUT2D eigenvalue weighted by molar-refractivity contribution is 7.72. The van der Waals surface area contributed by atoms with E-state index in [-0.39, 0.29) is 11.9 Å². The van der Waals surface area contributed by atoms with E-state index in [4.69, 9.17) is 33.9 Å². The number of carbonyl (C=O) groups is 1. The van der Waals surface area contributed by atoms with Gasteiger partial charge in [0.05, 0.1) is 19.2 Å². The first-order valence-electron chi connectivity index (χ1n) is 6.92. The molecule has 1 aromatic heterocycles. The fourth-order valence-corrected chi connectivity index (χ4v) is 2.33. The minimum absolute atomic E-state index is 0.0261. The molecule has 1 aromatic carbocycles. The Labute approximate surface area is 141 Å². The molecule has 0 unspecified atom stereocenters. The third-order valence-corrected chi connectivity index (χ3v) is 3.84. The fraction of sp³-hybridized carbons (Fsp3) is 0.286. The van der Waals surface area contributed by atoms with Gasteiger partial charge < -0.3 is 9.47 Å². The van der Waals surface area contributed by atoms with Gasteiger partial charge in [0.2, 0.25) is 9.54 Å². The van der Waals surface area contributed by atoms with Crippen molar-refractivity contribution in [2.45, 2.75) is 12.8 Å². The Morgan fingerprint density at radius 3 is 2.61 bits per heavy atom. The molecule has 2 aromatic rings.